The van der Waals surface area contributed by atoms with E-state index in [4.69, 9.17) is 17.3 Å². The van der Waals surface area contributed by atoms with E-state index in [1.807, 2.05) is 0 Å². The fourth-order valence-electron chi connectivity index (χ4n) is 2.54. The van der Waals surface area contributed by atoms with Crippen molar-refractivity contribution in [3.05, 3.63) is 29.0 Å². The Hall–Kier alpha value is -1.37. The van der Waals surface area contributed by atoms with Crippen molar-refractivity contribution in [3.8, 4) is 0 Å². The van der Waals surface area contributed by atoms with Crippen molar-refractivity contribution >= 4 is 23.3 Å². The van der Waals surface area contributed by atoms with Gasteiger partial charge in [-0.15, -0.1) is 0 Å². The van der Waals surface area contributed by atoms with Crippen LogP contribution in [0.2, 0.25) is 5.02 Å². The molecule has 1 fully saturated rings. The van der Waals surface area contributed by atoms with Crippen molar-refractivity contribution in [1.29, 1.82) is 0 Å². The summed E-state index contributed by atoms with van der Waals surface area (Å²) >= 11 is 5.77. The molecule has 2 amide bonds. The Kier molecular flexibility index (Phi) is 5.99. The van der Waals surface area contributed by atoms with Crippen molar-refractivity contribution in [2.24, 2.45) is 5.73 Å². The highest BCUT2D eigenvalue weighted by molar-refractivity contribution is 6.31. The van der Waals surface area contributed by atoms with Gasteiger partial charge in [0.15, 0.2) is 0 Å². The summed E-state index contributed by atoms with van der Waals surface area (Å²) in [5, 5.41) is -0.0113. The molecule has 7 heteroatoms. The van der Waals surface area contributed by atoms with Crippen LogP contribution in [0.15, 0.2) is 18.2 Å². The third-order valence-corrected chi connectivity index (χ3v) is 4.22. The number of urea groups is 1. The fourth-order valence-corrected chi connectivity index (χ4v) is 2.72. The van der Waals surface area contributed by atoms with Crippen LogP contribution >= 0.6 is 11.6 Å². The molecule has 22 heavy (non-hydrogen) atoms. The highest BCUT2D eigenvalue weighted by atomic mass is 35.5. The van der Waals surface area contributed by atoms with Gasteiger partial charge in [0.1, 0.15) is 5.82 Å². The average Bonchev–Trinajstić information content (AvgIpc) is 2.48. The van der Waals surface area contributed by atoms with Crippen molar-refractivity contribution in [2.45, 2.75) is 6.42 Å². The second-order valence-electron chi connectivity index (χ2n) is 5.59. The number of rotatable bonds is 5. The Balaban J connectivity index is 1.89. The molecule has 0 radical (unpaired) electrons. The van der Waals surface area contributed by atoms with Crippen LogP contribution in [0.5, 0.6) is 0 Å². The summed E-state index contributed by atoms with van der Waals surface area (Å²) in [6.45, 7) is 5.60. The smallest absolute Gasteiger partial charge is 0.319 e. The molecule has 0 aromatic heterocycles. The van der Waals surface area contributed by atoms with Crippen LogP contribution in [-0.4, -0.2) is 62.1 Å². The van der Waals surface area contributed by atoms with Crippen LogP contribution in [0.4, 0.5) is 14.9 Å². The molecule has 1 aromatic rings. The zero-order valence-electron chi connectivity index (χ0n) is 12.8. The van der Waals surface area contributed by atoms with Gasteiger partial charge in [-0.25, -0.2) is 9.18 Å². The minimum Gasteiger partial charge on any atom is -0.351 e. The van der Waals surface area contributed by atoms with E-state index in [1.54, 1.807) is 0 Å². The lowest BCUT2D eigenvalue weighted by molar-refractivity contribution is 0.153. The Morgan fingerprint density at radius 3 is 2.64 bits per heavy atom. The number of nitrogens with zero attached hydrogens (tertiary/aromatic N) is 3. The lowest BCUT2D eigenvalue weighted by Gasteiger charge is -2.32. The predicted octanol–water partition coefficient (Wildman–Crippen LogP) is 2.00. The second-order valence-corrected chi connectivity index (χ2v) is 5.99. The number of hydrogen-bond donors (Lipinski definition) is 1. The molecular formula is C15H22ClFN4O. The normalized spacial score (nSPS) is 16.7. The lowest BCUT2D eigenvalue weighted by Crippen LogP contribution is -2.45. The van der Waals surface area contributed by atoms with Crippen molar-refractivity contribution < 1.29 is 9.18 Å². The molecule has 2 N–H and O–H groups in total. The Labute approximate surface area is 135 Å². The molecule has 1 saturated heterocycles. The first kappa shape index (κ1) is 17.0. The number of carbonyl (C=O) groups excluding carboxylic acids is 1. The van der Waals surface area contributed by atoms with Gasteiger partial charge in [0.25, 0.3) is 0 Å². The Morgan fingerprint density at radius 1 is 1.36 bits per heavy atom. The molecule has 0 aliphatic carbocycles. The van der Waals surface area contributed by atoms with Gasteiger partial charge >= 0.3 is 6.03 Å². The molecule has 0 saturated carbocycles. The largest absolute Gasteiger partial charge is 0.351 e. The van der Waals surface area contributed by atoms with Gasteiger partial charge < -0.3 is 15.5 Å². The van der Waals surface area contributed by atoms with E-state index in [9.17, 15) is 9.18 Å². The van der Waals surface area contributed by atoms with Gasteiger partial charge in [-0.2, -0.15) is 0 Å². The first-order valence-corrected chi connectivity index (χ1v) is 7.78. The molecular weight excluding hydrogens is 307 g/mol. The summed E-state index contributed by atoms with van der Waals surface area (Å²) in [5.41, 5.74) is 5.95. The molecule has 0 spiro atoms. The zero-order valence-corrected chi connectivity index (χ0v) is 13.5. The molecule has 2 rings (SSSR count). The molecule has 1 aliphatic rings. The third-order valence-electron chi connectivity index (χ3n) is 3.93. The van der Waals surface area contributed by atoms with E-state index < -0.39 is 11.8 Å². The van der Waals surface area contributed by atoms with E-state index in [0.29, 0.717) is 12.2 Å². The Bertz CT molecular complexity index is 520. The van der Waals surface area contributed by atoms with Gasteiger partial charge in [0.05, 0.1) is 5.02 Å². The quantitative estimate of drug-likeness (QED) is 0.899. The van der Waals surface area contributed by atoms with Crippen molar-refractivity contribution in [3.63, 3.8) is 0 Å². The van der Waals surface area contributed by atoms with E-state index >= 15 is 0 Å². The van der Waals surface area contributed by atoms with Gasteiger partial charge in [0, 0.05) is 38.4 Å². The van der Waals surface area contributed by atoms with Gasteiger partial charge in [-0.3, -0.25) is 4.90 Å². The molecule has 1 aliphatic heterocycles. The summed E-state index contributed by atoms with van der Waals surface area (Å²) in [4.78, 5) is 17.7. The minimum atomic E-state index is -0.555. The van der Waals surface area contributed by atoms with Crippen molar-refractivity contribution in [1.82, 2.24) is 9.80 Å². The summed E-state index contributed by atoms with van der Waals surface area (Å²) in [6, 6.07) is 3.63. The van der Waals surface area contributed by atoms with Crippen LogP contribution in [0.25, 0.3) is 0 Å². The topological polar surface area (TPSA) is 52.8 Å². The second kappa shape index (κ2) is 7.76. The number of amides is 2. The molecule has 1 heterocycles. The fraction of sp³-hybridized carbons (Fsp3) is 0.533. The van der Waals surface area contributed by atoms with Crippen LogP contribution in [0.1, 0.15) is 6.42 Å². The van der Waals surface area contributed by atoms with E-state index in [2.05, 4.69) is 16.8 Å². The van der Waals surface area contributed by atoms with Crippen molar-refractivity contribution in [2.75, 3.05) is 51.2 Å². The van der Waals surface area contributed by atoms with Crippen LogP contribution in [0, 0.1) is 5.82 Å². The highest BCUT2D eigenvalue weighted by Crippen LogP contribution is 2.22. The predicted molar refractivity (Wildman–Crippen MR) is 86.9 cm³/mol. The minimum absolute atomic E-state index is 0.0113. The number of halogens is 2. The van der Waals surface area contributed by atoms with E-state index in [-0.39, 0.29) is 5.02 Å². The van der Waals surface area contributed by atoms with Gasteiger partial charge in [0.2, 0.25) is 0 Å². The number of likely N-dealkylation sites (N-methyl/N-ethyl adjacent to an activating group) is 1. The number of hydrogen-bond acceptors (Lipinski definition) is 3. The molecule has 5 nitrogen and oxygen atoms in total. The average molecular weight is 329 g/mol. The maximum absolute atomic E-state index is 13.2. The number of nitrogens with two attached hydrogens (primary N) is 1. The van der Waals surface area contributed by atoms with Crippen LogP contribution < -0.4 is 10.6 Å². The number of piperazine rings is 1. The van der Waals surface area contributed by atoms with Crippen LogP contribution in [-0.2, 0) is 0 Å². The molecule has 0 bridgehead atoms. The van der Waals surface area contributed by atoms with E-state index in [0.717, 1.165) is 39.1 Å². The standard InChI is InChI=1S/C15H22ClFN4O/c1-19-7-9-20(10-8-19)5-2-6-21(15(18)22)12-3-4-14(17)13(16)11-12/h3-4,11H,2,5-10H2,1H3,(H2,18,22). The van der Waals surface area contributed by atoms with Crippen LogP contribution in [0.3, 0.4) is 0 Å². The number of primary amides is 1. The number of benzene rings is 1. The third kappa shape index (κ3) is 4.56. The zero-order chi connectivity index (χ0) is 16.1. The first-order valence-electron chi connectivity index (χ1n) is 7.40. The SMILES string of the molecule is CN1CCN(CCCN(C(N)=O)c2ccc(F)c(Cl)c2)CC1. The van der Waals surface area contributed by atoms with Gasteiger partial charge in [-0.1, -0.05) is 11.6 Å². The maximum Gasteiger partial charge on any atom is 0.319 e. The highest BCUT2D eigenvalue weighted by Gasteiger charge is 2.16. The summed E-state index contributed by atoms with van der Waals surface area (Å²) in [7, 11) is 2.12. The molecule has 0 atom stereocenters. The lowest BCUT2D eigenvalue weighted by atomic mass is 10.2. The van der Waals surface area contributed by atoms with E-state index in [1.165, 1.54) is 23.1 Å². The summed E-state index contributed by atoms with van der Waals surface area (Å²) in [5.74, 6) is -0.507. The number of anilines is 1. The summed E-state index contributed by atoms with van der Waals surface area (Å²) < 4.78 is 13.2. The monoisotopic (exact) mass is 328 g/mol. The summed E-state index contributed by atoms with van der Waals surface area (Å²) in [6.07, 6.45) is 0.807. The molecule has 122 valence electrons. The van der Waals surface area contributed by atoms with Gasteiger partial charge in [-0.05, 0) is 38.2 Å². The molecule has 1 aromatic carbocycles. The molecule has 0 unspecified atom stereocenters. The maximum atomic E-state index is 13.2. The first-order chi connectivity index (χ1) is 10.5. The number of carbonyl (C=O) groups is 1. The Morgan fingerprint density at radius 2 is 2.05 bits per heavy atom.